The molecule has 0 aromatic heterocycles. The van der Waals surface area contributed by atoms with E-state index in [1.165, 1.54) is 12.1 Å². The minimum atomic E-state index is -0.774. The summed E-state index contributed by atoms with van der Waals surface area (Å²) >= 11 is 0. The fourth-order valence-corrected chi connectivity index (χ4v) is 9.38. The van der Waals surface area contributed by atoms with Gasteiger partial charge in [0.2, 0.25) is 0 Å². The Morgan fingerprint density at radius 3 is 1.33 bits per heavy atom. The summed E-state index contributed by atoms with van der Waals surface area (Å²) in [6.45, 7) is 15.4. The molecule has 0 heterocycles. The van der Waals surface area contributed by atoms with Gasteiger partial charge in [0.25, 0.3) is 0 Å². The monoisotopic (exact) mass is 866 g/mol. The number of hydrogen-bond donors (Lipinski definition) is 0. The molecule has 0 aliphatic carbocycles. The lowest BCUT2D eigenvalue weighted by Crippen LogP contribution is -2.15. The molecule has 10 aromatic carbocycles. The topological polar surface area (TPSA) is 34.6 Å². The average molecular weight is 867 g/mol. The summed E-state index contributed by atoms with van der Waals surface area (Å²) in [4.78, 5) is 7.18. The molecule has 4 nitrogen and oxygen atoms in total. The molecule has 10 aromatic rings. The summed E-state index contributed by atoms with van der Waals surface area (Å²) in [6.07, 6.45) is 0. The van der Waals surface area contributed by atoms with E-state index in [2.05, 4.69) is 10.9 Å². The Labute approximate surface area is 379 Å². The van der Waals surface area contributed by atoms with Crippen LogP contribution in [0, 0.1) is 68.9 Å². The van der Waals surface area contributed by atoms with Crippen LogP contribution in [-0.4, -0.2) is 0 Å². The van der Waals surface area contributed by atoms with E-state index in [9.17, 15) is 5.26 Å². The van der Waals surface area contributed by atoms with Crippen LogP contribution < -0.4 is 9.80 Å². The van der Waals surface area contributed by atoms with Crippen LogP contribution in [0.25, 0.3) is 59.4 Å². The van der Waals surface area contributed by atoms with Crippen molar-refractivity contribution in [2.45, 2.75) is 27.7 Å². The zero-order valence-corrected chi connectivity index (χ0v) is 36.3. The van der Waals surface area contributed by atoms with Crippen LogP contribution in [0.4, 0.5) is 57.4 Å². The van der Waals surface area contributed by atoms with Gasteiger partial charge >= 0.3 is 0 Å². The zero-order chi connectivity index (χ0) is 46.0. The zero-order valence-electron chi connectivity index (χ0n) is 36.3. The lowest BCUT2D eigenvalue weighted by molar-refractivity contribution is 0.584. The lowest BCUT2D eigenvalue weighted by Gasteiger charge is -2.31. The number of benzene rings is 10. The molecule has 0 N–H and O–H groups in total. The van der Waals surface area contributed by atoms with Gasteiger partial charge in [-0.15, -0.1) is 0 Å². The van der Waals surface area contributed by atoms with Gasteiger partial charge in [-0.2, -0.15) is 5.26 Å². The summed E-state index contributed by atoms with van der Waals surface area (Å²) < 4.78 is 64.8. The minimum absolute atomic E-state index is 0.130. The standard InChI is InChI=1S/C58H38F4N4/c1-33-8-6-10-45(35(33)3)49-28-40(59)30-51(61)57(49)65(43-20-12-37(32-63)13-21-43)53-26-16-38-15-25-48-54(27-17-39-14-24-47(53)55(38)56(39)48)66(44-22-18-42(64-5)19-23-44)58-50(29-41(60)31-52(58)62)46-11-7-9-34(2)36(46)4/h6-31H,1-4H3. The molecular formula is C58H38F4N4. The number of nitrogens with zero attached hydrogens (tertiary/aromatic N) is 4. The fraction of sp³-hybridized carbons (Fsp3) is 0.0690. The number of hydrogen-bond acceptors (Lipinski definition) is 3. The highest BCUT2D eigenvalue weighted by Crippen LogP contribution is 2.51. The first kappa shape index (κ1) is 41.5. The third-order valence-corrected chi connectivity index (χ3v) is 12.9. The second kappa shape index (κ2) is 16.3. The normalized spacial score (nSPS) is 11.3. The van der Waals surface area contributed by atoms with Gasteiger partial charge in [-0.25, -0.2) is 22.4 Å². The van der Waals surface area contributed by atoms with E-state index in [1.807, 2.05) is 113 Å². The van der Waals surface area contributed by atoms with Crippen molar-refractivity contribution in [3.05, 3.63) is 220 Å². The number of rotatable bonds is 8. The first-order valence-electron chi connectivity index (χ1n) is 21.4. The van der Waals surface area contributed by atoms with Crippen LogP contribution in [0.2, 0.25) is 0 Å². The van der Waals surface area contributed by atoms with E-state index in [4.69, 9.17) is 6.57 Å². The average Bonchev–Trinajstić information content (AvgIpc) is 3.32. The Balaban J connectivity index is 1.28. The highest BCUT2D eigenvalue weighted by atomic mass is 19.1. The van der Waals surface area contributed by atoms with Gasteiger partial charge in [-0.05, 0) is 143 Å². The molecule has 0 spiro atoms. The highest BCUT2D eigenvalue weighted by Gasteiger charge is 2.29. The molecule has 318 valence electrons. The fourth-order valence-electron chi connectivity index (χ4n) is 9.38. The first-order chi connectivity index (χ1) is 31.9. The molecule has 0 aliphatic rings. The van der Waals surface area contributed by atoms with Crippen LogP contribution in [0.3, 0.4) is 0 Å². The van der Waals surface area contributed by atoms with Crippen molar-refractivity contribution in [3.8, 4) is 28.3 Å². The number of aryl methyl sites for hydroxylation is 2. The van der Waals surface area contributed by atoms with Crippen molar-refractivity contribution in [1.29, 1.82) is 5.26 Å². The van der Waals surface area contributed by atoms with Crippen LogP contribution >= 0.6 is 0 Å². The number of nitriles is 1. The van der Waals surface area contributed by atoms with E-state index >= 15 is 17.6 Å². The third-order valence-electron chi connectivity index (χ3n) is 12.9. The summed E-state index contributed by atoms with van der Waals surface area (Å²) in [5.41, 5.74) is 9.10. The van der Waals surface area contributed by atoms with E-state index in [0.29, 0.717) is 56.3 Å². The van der Waals surface area contributed by atoms with Crippen LogP contribution in [0.1, 0.15) is 27.8 Å². The molecule has 0 saturated carbocycles. The molecule has 0 unspecified atom stereocenters. The molecule has 0 saturated heterocycles. The Morgan fingerprint density at radius 1 is 0.485 bits per heavy atom. The van der Waals surface area contributed by atoms with Crippen LogP contribution in [0.5, 0.6) is 0 Å². The van der Waals surface area contributed by atoms with Crippen molar-refractivity contribution >= 4 is 72.1 Å². The Bertz CT molecular complexity index is 3420. The highest BCUT2D eigenvalue weighted by molar-refractivity contribution is 6.28. The van der Waals surface area contributed by atoms with Gasteiger partial charge in [0.1, 0.15) is 11.6 Å². The Morgan fingerprint density at radius 2 is 0.909 bits per heavy atom. The lowest BCUT2D eigenvalue weighted by atomic mass is 9.90. The Kier molecular flexibility index (Phi) is 10.2. The third kappa shape index (κ3) is 6.83. The van der Waals surface area contributed by atoms with Crippen molar-refractivity contribution in [3.63, 3.8) is 0 Å². The van der Waals surface area contributed by atoms with Crippen LogP contribution in [0.15, 0.2) is 158 Å². The SMILES string of the molecule is [C-]#[N+]c1ccc(N(c2c(F)cc(F)cc2-c2cccc(C)c2C)c2ccc3ccc4c(N(c5ccc(C#N)cc5)c5c(F)cc(F)cc5-c5cccc(C)c5C)ccc5ccc2c3c54)cc1. The number of anilines is 6. The predicted molar refractivity (Wildman–Crippen MR) is 260 cm³/mol. The maximum Gasteiger partial charge on any atom is 0.187 e. The van der Waals surface area contributed by atoms with Gasteiger partial charge in [0, 0.05) is 45.4 Å². The molecule has 66 heavy (non-hydrogen) atoms. The van der Waals surface area contributed by atoms with Crippen molar-refractivity contribution in [1.82, 2.24) is 0 Å². The van der Waals surface area contributed by atoms with Crippen molar-refractivity contribution in [2.75, 3.05) is 9.80 Å². The maximum absolute atomic E-state index is 17.0. The molecule has 0 aliphatic heterocycles. The molecule has 10 rings (SSSR count). The minimum Gasteiger partial charge on any atom is -0.307 e. The smallest absolute Gasteiger partial charge is 0.187 e. The molecule has 0 fully saturated rings. The molecule has 8 heteroatoms. The van der Waals surface area contributed by atoms with Crippen molar-refractivity contribution in [2.24, 2.45) is 0 Å². The Hall–Kier alpha value is -8.46. The van der Waals surface area contributed by atoms with E-state index < -0.39 is 23.3 Å². The summed E-state index contributed by atoms with van der Waals surface area (Å²) in [7, 11) is 0. The van der Waals surface area contributed by atoms with Crippen LogP contribution in [-0.2, 0) is 0 Å². The predicted octanol–water partition coefficient (Wildman–Crippen LogP) is 17.1. The molecular weight excluding hydrogens is 829 g/mol. The van der Waals surface area contributed by atoms with Gasteiger partial charge in [0.15, 0.2) is 17.3 Å². The second-order valence-electron chi connectivity index (χ2n) is 16.6. The first-order valence-corrected chi connectivity index (χ1v) is 21.4. The summed E-state index contributed by atoms with van der Waals surface area (Å²) in [6, 6.07) is 47.6. The molecule has 0 amide bonds. The molecule has 0 atom stereocenters. The summed E-state index contributed by atoms with van der Waals surface area (Å²) in [5.74, 6) is -2.98. The van der Waals surface area contributed by atoms with Gasteiger partial charge in [-0.1, -0.05) is 84.9 Å². The van der Waals surface area contributed by atoms with Gasteiger partial charge in [-0.3, -0.25) is 0 Å². The molecule has 0 bridgehead atoms. The van der Waals surface area contributed by atoms with E-state index in [1.54, 1.807) is 58.3 Å². The maximum atomic E-state index is 17.0. The molecule has 0 radical (unpaired) electrons. The summed E-state index contributed by atoms with van der Waals surface area (Å²) in [5, 5.41) is 14.7. The van der Waals surface area contributed by atoms with E-state index in [0.717, 1.165) is 66.7 Å². The second-order valence-corrected chi connectivity index (χ2v) is 16.6. The van der Waals surface area contributed by atoms with E-state index in [-0.39, 0.29) is 11.4 Å². The number of halogens is 4. The van der Waals surface area contributed by atoms with Crippen molar-refractivity contribution < 1.29 is 17.6 Å². The largest absolute Gasteiger partial charge is 0.307 e. The van der Waals surface area contributed by atoms with Gasteiger partial charge in [0.05, 0.1) is 41.0 Å². The quantitative estimate of drug-likeness (QED) is 0.0867. The van der Waals surface area contributed by atoms with Gasteiger partial charge < -0.3 is 9.80 Å².